The second-order valence-electron chi connectivity index (χ2n) is 4.81. The fourth-order valence-corrected chi connectivity index (χ4v) is 3.54. The molecule has 0 bridgehead atoms. The number of nitrogens with two attached hydrogens (primary N) is 1. The average molecular weight is 299 g/mol. The lowest BCUT2D eigenvalue weighted by Gasteiger charge is -2.44. The Bertz CT molecular complexity index is 489. The number of rotatable bonds is 6. The molecule has 8 heteroatoms. The number of carboxylic acid groups (broad SMARTS) is 1. The summed E-state index contributed by atoms with van der Waals surface area (Å²) in [5.41, 5.74) is 5.92. The number of thioether (sulfide) groups is 1. The quantitative estimate of drug-likeness (QED) is 0.266. The predicted octanol–water partition coefficient (Wildman–Crippen LogP) is -0.386. The summed E-state index contributed by atoms with van der Waals surface area (Å²) < 4.78 is 0. The Balaban J connectivity index is 2.11. The Hall–Kier alpha value is -1.54. The van der Waals surface area contributed by atoms with Gasteiger partial charge in [-0.2, -0.15) is 0 Å². The summed E-state index contributed by atoms with van der Waals surface area (Å²) in [6.45, 7) is 1.56. The summed E-state index contributed by atoms with van der Waals surface area (Å²) in [6.07, 6.45) is 0.948. The maximum atomic E-state index is 11.9. The number of carbonyl (C=O) groups excluding carboxylic acids is 1. The number of aliphatic imine (C=N–C) groups is 1. The molecular formula is C12H17N3O4S. The molecule has 1 saturated heterocycles. The molecule has 0 saturated carbocycles. The number of hydrogen-bond donors (Lipinski definition) is 3. The molecule has 2 rings (SSSR count). The molecule has 0 spiro atoms. The van der Waals surface area contributed by atoms with E-state index in [4.69, 9.17) is 5.73 Å². The van der Waals surface area contributed by atoms with Crippen molar-refractivity contribution in [1.82, 2.24) is 4.90 Å². The summed E-state index contributed by atoms with van der Waals surface area (Å²) >= 11 is 1.44. The minimum absolute atomic E-state index is 0.0705. The van der Waals surface area contributed by atoms with Gasteiger partial charge in [-0.15, -0.1) is 11.8 Å². The number of amides is 1. The van der Waals surface area contributed by atoms with E-state index < -0.39 is 18.0 Å². The molecular weight excluding hydrogens is 282 g/mol. The topological polar surface area (TPSA) is 116 Å². The van der Waals surface area contributed by atoms with E-state index in [1.165, 1.54) is 23.0 Å². The Labute approximate surface area is 120 Å². The Morgan fingerprint density at radius 3 is 2.95 bits per heavy atom. The minimum Gasteiger partial charge on any atom is -0.477 e. The van der Waals surface area contributed by atoms with Crippen molar-refractivity contribution in [3.63, 3.8) is 0 Å². The molecule has 110 valence electrons. The zero-order valence-corrected chi connectivity index (χ0v) is 11.8. The van der Waals surface area contributed by atoms with Crippen molar-refractivity contribution < 1.29 is 19.8 Å². The van der Waals surface area contributed by atoms with Crippen molar-refractivity contribution in [1.29, 1.82) is 0 Å². The van der Waals surface area contributed by atoms with Gasteiger partial charge in [-0.05, 0) is 18.9 Å². The fourth-order valence-electron chi connectivity index (χ4n) is 2.75. The number of carboxylic acids is 1. The van der Waals surface area contributed by atoms with Crippen LogP contribution in [0.5, 0.6) is 0 Å². The SMILES string of the molecule is CC(O)C1C(=O)N2C(C(=O)O)=C(CSCN=CN)CC12. The zero-order valence-electron chi connectivity index (χ0n) is 11.0. The maximum absolute atomic E-state index is 11.9. The van der Waals surface area contributed by atoms with Crippen molar-refractivity contribution in [2.24, 2.45) is 16.6 Å². The lowest BCUT2D eigenvalue weighted by Crippen LogP contribution is -2.61. The van der Waals surface area contributed by atoms with Crippen LogP contribution in [-0.2, 0) is 9.59 Å². The van der Waals surface area contributed by atoms with Crippen LogP contribution in [0, 0.1) is 5.92 Å². The van der Waals surface area contributed by atoms with E-state index in [0.29, 0.717) is 18.1 Å². The van der Waals surface area contributed by atoms with E-state index in [1.807, 2.05) is 0 Å². The van der Waals surface area contributed by atoms with Crippen LogP contribution in [0.15, 0.2) is 16.3 Å². The van der Waals surface area contributed by atoms with Gasteiger partial charge in [0, 0.05) is 5.75 Å². The molecule has 0 aromatic carbocycles. The highest BCUT2D eigenvalue weighted by atomic mass is 32.2. The summed E-state index contributed by atoms with van der Waals surface area (Å²) in [7, 11) is 0. The molecule has 2 heterocycles. The first kappa shape index (κ1) is 14.9. The molecule has 3 atom stereocenters. The second kappa shape index (κ2) is 5.84. The summed E-state index contributed by atoms with van der Waals surface area (Å²) in [4.78, 5) is 28.4. The molecule has 7 nitrogen and oxygen atoms in total. The van der Waals surface area contributed by atoms with Crippen LogP contribution in [0.4, 0.5) is 0 Å². The van der Waals surface area contributed by atoms with Gasteiger partial charge in [-0.1, -0.05) is 0 Å². The molecule has 1 amide bonds. The van der Waals surface area contributed by atoms with E-state index in [0.717, 1.165) is 5.57 Å². The smallest absolute Gasteiger partial charge is 0.352 e. The number of carbonyl (C=O) groups is 2. The molecule has 1 fully saturated rings. The number of aliphatic hydroxyl groups excluding tert-OH is 1. The van der Waals surface area contributed by atoms with Crippen LogP contribution < -0.4 is 5.73 Å². The van der Waals surface area contributed by atoms with Gasteiger partial charge in [0.2, 0.25) is 5.91 Å². The highest BCUT2D eigenvalue weighted by molar-refractivity contribution is 7.99. The number of aliphatic carboxylic acids is 1. The van der Waals surface area contributed by atoms with Gasteiger partial charge in [0.15, 0.2) is 0 Å². The Morgan fingerprint density at radius 2 is 2.40 bits per heavy atom. The zero-order chi connectivity index (χ0) is 14.9. The van der Waals surface area contributed by atoms with Crippen molar-refractivity contribution in [3.05, 3.63) is 11.3 Å². The number of aliphatic hydroxyl groups is 1. The molecule has 0 radical (unpaired) electrons. The van der Waals surface area contributed by atoms with Crippen molar-refractivity contribution in [2.75, 3.05) is 11.6 Å². The molecule has 20 heavy (non-hydrogen) atoms. The summed E-state index contributed by atoms with van der Waals surface area (Å²) in [5.74, 6) is -0.948. The molecule has 0 aromatic heterocycles. The van der Waals surface area contributed by atoms with Gasteiger partial charge >= 0.3 is 5.97 Å². The standard InChI is InChI=1S/C12H17N3O4S/c1-6(16)9-8-2-7(3-20-5-14-4-13)10(12(18)19)15(8)11(9)17/h4,6,8-9,16H,2-3,5H2,1H3,(H2,13,14)(H,18,19). The van der Waals surface area contributed by atoms with E-state index in [-0.39, 0.29) is 17.6 Å². The first-order chi connectivity index (χ1) is 9.49. The van der Waals surface area contributed by atoms with Crippen LogP contribution in [0.3, 0.4) is 0 Å². The van der Waals surface area contributed by atoms with Crippen LogP contribution in [0.1, 0.15) is 13.3 Å². The van der Waals surface area contributed by atoms with Crippen molar-refractivity contribution in [2.45, 2.75) is 25.5 Å². The second-order valence-corrected chi connectivity index (χ2v) is 5.77. The Kier molecular flexibility index (Phi) is 4.34. The van der Waals surface area contributed by atoms with E-state index in [2.05, 4.69) is 4.99 Å². The predicted molar refractivity (Wildman–Crippen MR) is 75.1 cm³/mol. The number of fused-ring (bicyclic) bond motifs is 1. The van der Waals surface area contributed by atoms with Crippen molar-refractivity contribution >= 4 is 30.0 Å². The summed E-state index contributed by atoms with van der Waals surface area (Å²) in [5, 5.41) is 18.9. The summed E-state index contributed by atoms with van der Waals surface area (Å²) in [6, 6.07) is -0.220. The van der Waals surface area contributed by atoms with E-state index in [9.17, 15) is 19.8 Å². The van der Waals surface area contributed by atoms with Crippen LogP contribution in [-0.4, -0.2) is 57.1 Å². The van der Waals surface area contributed by atoms with Gasteiger partial charge in [-0.25, -0.2) is 4.79 Å². The van der Waals surface area contributed by atoms with Crippen molar-refractivity contribution in [3.8, 4) is 0 Å². The fraction of sp³-hybridized carbons (Fsp3) is 0.583. The molecule has 4 N–H and O–H groups in total. The number of β-lactam (4-membered cyclic amide) rings is 1. The third kappa shape index (κ3) is 2.40. The minimum atomic E-state index is -1.09. The van der Waals surface area contributed by atoms with Gasteiger partial charge in [0.1, 0.15) is 5.70 Å². The molecule has 2 aliphatic heterocycles. The lowest BCUT2D eigenvalue weighted by atomic mass is 9.83. The number of nitrogens with zero attached hydrogens (tertiary/aromatic N) is 2. The average Bonchev–Trinajstić information content (AvgIpc) is 2.69. The van der Waals surface area contributed by atoms with E-state index in [1.54, 1.807) is 6.92 Å². The van der Waals surface area contributed by atoms with Crippen LogP contribution in [0.25, 0.3) is 0 Å². The Morgan fingerprint density at radius 1 is 1.70 bits per heavy atom. The van der Waals surface area contributed by atoms with Gasteiger partial charge in [0.05, 0.1) is 30.3 Å². The lowest BCUT2D eigenvalue weighted by molar-refractivity contribution is -0.161. The van der Waals surface area contributed by atoms with Gasteiger partial charge < -0.3 is 20.8 Å². The maximum Gasteiger partial charge on any atom is 0.352 e. The first-order valence-electron chi connectivity index (χ1n) is 6.23. The monoisotopic (exact) mass is 299 g/mol. The first-order valence-corrected chi connectivity index (χ1v) is 7.38. The van der Waals surface area contributed by atoms with Gasteiger partial charge in [0.25, 0.3) is 0 Å². The van der Waals surface area contributed by atoms with E-state index >= 15 is 0 Å². The molecule has 0 aliphatic carbocycles. The molecule has 3 unspecified atom stereocenters. The largest absolute Gasteiger partial charge is 0.477 e. The molecule has 2 aliphatic rings. The third-order valence-corrected chi connectivity index (χ3v) is 4.45. The van der Waals surface area contributed by atoms with Crippen LogP contribution >= 0.6 is 11.8 Å². The highest BCUT2D eigenvalue weighted by Crippen LogP contribution is 2.44. The molecule has 0 aromatic rings. The number of hydrogen-bond acceptors (Lipinski definition) is 5. The van der Waals surface area contributed by atoms with Gasteiger partial charge in [-0.3, -0.25) is 9.79 Å². The third-order valence-electron chi connectivity index (χ3n) is 3.57. The van der Waals surface area contributed by atoms with Crippen LogP contribution in [0.2, 0.25) is 0 Å². The normalized spacial score (nSPS) is 26.9. The highest BCUT2D eigenvalue weighted by Gasteiger charge is 2.56.